The van der Waals surface area contributed by atoms with Crippen molar-refractivity contribution >= 4 is 17.6 Å². The summed E-state index contributed by atoms with van der Waals surface area (Å²) in [5.41, 5.74) is 8.10. The smallest absolute Gasteiger partial charge is 0.156 e. The Morgan fingerprint density at radius 2 is 2.06 bits per heavy atom. The molecule has 0 saturated carbocycles. The number of rotatable bonds is 4. The molecule has 0 aliphatic rings. The Hall–Kier alpha value is -1.75. The first-order chi connectivity index (χ1) is 8.70. The Morgan fingerprint density at radius 1 is 1.28 bits per heavy atom. The Labute approximate surface area is 111 Å². The predicted molar refractivity (Wildman–Crippen MR) is 73.7 cm³/mol. The number of aryl methyl sites for hydroxylation is 1. The molecule has 1 aromatic carbocycles. The standard InChI is InChI=1S/C13H15N3OS/c1-9-3-4-11(17-2)10(7-9)8-18-13-12(14)15-5-6-16-13/h3-7H,8H2,1-2H3,(H2,14,15). The molecule has 1 heterocycles. The summed E-state index contributed by atoms with van der Waals surface area (Å²) in [5.74, 6) is 2.11. The van der Waals surface area contributed by atoms with Crippen molar-refractivity contribution < 1.29 is 4.74 Å². The van der Waals surface area contributed by atoms with Crippen molar-refractivity contribution in [2.24, 2.45) is 0 Å². The van der Waals surface area contributed by atoms with E-state index in [1.807, 2.05) is 12.1 Å². The van der Waals surface area contributed by atoms with Crippen molar-refractivity contribution in [1.82, 2.24) is 9.97 Å². The van der Waals surface area contributed by atoms with Crippen molar-refractivity contribution in [3.05, 3.63) is 41.7 Å². The van der Waals surface area contributed by atoms with Crippen LogP contribution in [-0.4, -0.2) is 17.1 Å². The quantitative estimate of drug-likeness (QED) is 0.857. The highest BCUT2D eigenvalue weighted by Crippen LogP contribution is 2.29. The van der Waals surface area contributed by atoms with Gasteiger partial charge in [-0.3, -0.25) is 0 Å². The van der Waals surface area contributed by atoms with E-state index in [0.717, 1.165) is 22.1 Å². The van der Waals surface area contributed by atoms with Crippen LogP contribution in [0.2, 0.25) is 0 Å². The van der Waals surface area contributed by atoms with Gasteiger partial charge in [0, 0.05) is 23.7 Å². The highest BCUT2D eigenvalue weighted by Gasteiger charge is 2.07. The lowest BCUT2D eigenvalue weighted by atomic mass is 10.1. The number of hydrogen-bond donors (Lipinski definition) is 1. The van der Waals surface area contributed by atoms with Gasteiger partial charge in [0.1, 0.15) is 10.8 Å². The summed E-state index contributed by atoms with van der Waals surface area (Å²) in [6.45, 7) is 2.06. The van der Waals surface area contributed by atoms with Gasteiger partial charge in [0.15, 0.2) is 5.82 Å². The molecule has 0 atom stereocenters. The van der Waals surface area contributed by atoms with Crippen LogP contribution >= 0.6 is 11.8 Å². The molecule has 2 N–H and O–H groups in total. The number of ether oxygens (including phenoxy) is 1. The second-order valence-corrected chi connectivity index (χ2v) is 4.81. The maximum absolute atomic E-state index is 5.76. The molecular weight excluding hydrogens is 246 g/mol. The average molecular weight is 261 g/mol. The number of methoxy groups -OCH3 is 1. The van der Waals surface area contributed by atoms with Crippen molar-refractivity contribution in [2.45, 2.75) is 17.7 Å². The first kappa shape index (κ1) is 12.7. The van der Waals surface area contributed by atoms with Crippen LogP contribution in [0.15, 0.2) is 35.6 Å². The van der Waals surface area contributed by atoms with Crippen molar-refractivity contribution in [1.29, 1.82) is 0 Å². The molecule has 0 radical (unpaired) electrons. The molecule has 0 bridgehead atoms. The van der Waals surface area contributed by atoms with Crippen LogP contribution in [0, 0.1) is 6.92 Å². The first-order valence-electron chi connectivity index (χ1n) is 5.53. The van der Waals surface area contributed by atoms with Gasteiger partial charge in [0.2, 0.25) is 0 Å². The Balaban J connectivity index is 2.15. The molecule has 0 spiro atoms. The van der Waals surface area contributed by atoms with E-state index in [0.29, 0.717) is 5.82 Å². The third-order valence-corrected chi connectivity index (χ3v) is 3.53. The third-order valence-electron chi connectivity index (χ3n) is 2.49. The molecule has 0 aliphatic carbocycles. The highest BCUT2D eigenvalue weighted by atomic mass is 32.2. The molecule has 0 aliphatic heterocycles. The SMILES string of the molecule is COc1ccc(C)cc1CSc1nccnc1N. The third kappa shape index (κ3) is 2.92. The highest BCUT2D eigenvalue weighted by molar-refractivity contribution is 7.98. The van der Waals surface area contributed by atoms with E-state index in [4.69, 9.17) is 10.5 Å². The molecular formula is C13H15N3OS. The molecule has 0 amide bonds. The van der Waals surface area contributed by atoms with Gasteiger partial charge in [0.25, 0.3) is 0 Å². The number of aromatic nitrogens is 2. The van der Waals surface area contributed by atoms with Crippen LogP contribution < -0.4 is 10.5 Å². The molecule has 0 unspecified atom stereocenters. The zero-order chi connectivity index (χ0) is 13.0. The summed E-state index contributed by atoms with van der Waals surface area (Å²) in [6.07, 6.45) is 3.23. The van der Waals surface area contributed by atoms with Crippen molar-refractivity contribution in [3.8, 4) is 5.75 Å². The summed E-state index contributed by atoms with van der Waals surface area (Å²) in [7, 11) is 1.68. The lowest BCUT2D eigenvalue weighted by molar-refractivity contribution is 0.411. The molecule has 18 heavy (non-hydrogen) atoms. The lowest BCUT2D eigenvalue weighted by Gasteiger charge is -2.09. The van der Waals surface area contributed by atoms with Gasteiger partial charge in [-0.05, 0) is 13.0 Å². The maximum atomic E-state index is 5.76. The normalized spacial score (nSPS) is 10.3. The summed E-state index contributed by atoms with van der Waals surface area (Å²) < 4.78 is 5.34. The first-order valence-corrected chi connectivity index (χ1v) is 6.52. The number of hydrogen-bond acceptors (Lipinski definition) is 5. The number of nitrogen functional groups attached to an aromatic ring is 1. The summed E-state index contributed by atoms with van der Waals surface area (Å²) >= 11 is 1.56. The van der Waals surface area contributed by atoms with Gasteiger partial charge >= 0.3 is 0 Å². The van der Waals surface area contributed by atoms with Crippen molar-refractivity contribution in [2.75, 3.05) is 12.8 Å². The number of nitrogens with zero attached hydrogens (tertiary/aromatic N) is 2. The molecule has 2 aromatic rings. The Kier molecular flexibility index (Phi) is 4.04. The van der Waals surface area contributed by atoms with Crippen LogP contribution in [0.25, 0.3) is 0 Å². The van der Waals surface area contributed by atoms with Crippen LogP contribution in [-0.2, 0) is 5.75 Å². The summed E-state index contributed by atoms with van der Waals surface area (Å²) in [4.78, 5) is 8.22. The van der Waals surface area contributed by atoms with Gasteiger partial charge in [-0.2, -0.15) is 0 Å². The zero-order valence-corrected chi connectivity index (χ0v) is 11.2. The molecule has 5 heteroatoms. The largest absolute Gasteiger partial charge is 0.496 e. The minimum absolute atomic E-state index is 0.467. The van der Waals surface area contributed by atoms with E-state index in [9.17, 15) is 0 Å². The zero-order valence-electron chi connectivity index (χ0n) is 10.4. The van der Waals surface area contributed by atoms with E-state index < -0.39 is 0 Å². The van der Waals surface area contributed by atoms with Gasteiger partial charge < -0.3 is 10.5 Å². The molecule has 4 nitrogen and oxygen atoms in total. The fraction of sp³-hybridized carbons (Fsp3) is 0.231. The van der Waals surface area contributed by atoms with E-state index in [1.54, 1.807) is 31.3 Å². The number of thioether (sulfide) groups is 1. The topological polar surface area (TPSA) is 61.0 Å². The fourth-order valence-electron chi connectivity index (χ4n) is 1.61. The van der Waals surface area contributed by atoms with Gasteiger partial charge in [-0.25, -0.2) is 9.97 Å². The number of benzene rings is 1. The van der Waals surface area contributed by atoms with Crippen LogP contribution in [0.5, 0.6) is 5.75 Å². The number of anilines is 1. The minimum Gasteiger partial charge on any atom is -0.496 e. The van der Waals surface area contributed by atoms with Gasteiger partial charge in [-0.15, -0.1) is 0 Å². The molecule has 2 rings (SSSR count). The van der Waals surface area contributed by atoms with E-state index in [-0.39, 0.29) is 0 Å². The van der Waals surface area contributed by atoms with Crippen LogP contribution in [0.3, 0.4) is 0 Å². The minimum atomic E-state index is 0.467. The number of nitrogens with two attached hydrogens (primary N) is 1. The van der Waals surface area contributed by atoms with Crippen LogP contribution in [0.4, 0.5) is 5.82 Å². The lowest BCUT2D eigenvalue weighted by Crippen LogP contribution is -1.96. The monoisotopic (exact) mass is 261 g/mol. The van der Waals surface area contributed by atoms with Gasteiger partial charge in [0.05, 0.1) is 7.11 Å². The van der Waals surface area contributed by atoms with Crippen molar-refractivity contribution in [3.63, 3.8) is 0 Å². The Morgan fingerprint density at radius 3 is 2.78 bits per heavy atom. The van der Waals surface area contributed by atoms with Crippen LogP contribution in [0.1, 0.15) is 11.1 Å². The maximum Gasteiger partial charge on any atom is 0.156 e. The summed E-state index contributed by atoms with van der Waals surface area (Å²) in [6, 6.07) is 6.12. The molecule has 0 fully saturated rings. The van der Waals surface area contributed by atoms with E-state index in [2.05, 4.69) is 23.0 Å². The molecule has 94 valence electrons. The predicted octanol–water partition coefficient (Wildman–Crippen LogP) is 2.67. The Bertz CT molecular complexity index is 546. The second-order valence-electron chi connectivity index (χ2n) is 3.85. The molecule has 1 aromatic heterocycles. The van der Waals surface area contributed by atoms with Gasteiger partial charge in [-0.1, -0.05) is 29.5 Å². The van der Waals surface area contributed by atoms with E-state index in [1.165, 1.54) is 5.56 Å². The fourth-order valence-corrected chi connectivity index (χ4v) is 2.47. The molecule has 0 saturated heterocycles. The average Bonchev–Trinajstić information content (AvgIpc) is 2.38. The second kappa shape index (κ2) is 5.73. The summed E-state index contributed by atoms with van der Waals surface area (Å²) in [5, 5.41) is 0.751. The van der Waals surface area contributed by atoms with E-state index >= 15 is 0 Å².